The number of alkyl carbamates (subject to hydrolysis) is 1. The van der Waals surface area contributed by atoms with Crippen molar-refractivity contribution >= 4 is 12.1 Å². The molecule has 0 radical (unpaired) electrons. The minimum atomic E-state index is -1.28. The van der Waals surface area contributed by atoms with E-state index in [0.29, 0.717) is 5.56 Å². The van der Waals surface area contributed by atoms with Crippen molar-refractivity contribution in [1.82, 2.24) is 5.32 Å². The Balaban J connectivity index is 1.93. The Hall–Kier alpha value is -3.09. The molecule has 0 saturated heterocycles. The fourth-order valence-electron chi connectivity index (χ4n) is 2.02. The number of benzene rings is 2. The van der Waals surface area contributed by atoms with E-state index in [-0.39, 0.29) is 13.0 Å². The first kappa shape index (κ1) is 17.3. The highest BCUT2D eigenvalue weighted by Crippen LogP contribution is 2.17. The molecule has 1 atom stereocenters. The van der Waals surface area contributed by atoms with E-state index in [1.807, 2.05) is 6.07 Å². The molecule has 126 valence electrons. The molecular weight excluding hydrogens is 317 g/mol. The maximum absolute atomic E-state index is 13.3. The Morgan fingerprint density at radius 2 is 1.83 bits per heavy atom. The van der Waals surface area contributed by atoms with Gasteiger partial charge in [0.2, 0.25) is 0 Å². The summed E-state index contributed by atoms with van der Waals surface area (Å²) in [4.78, 5) is 23.0. The number of carboxylic acids is 1. The summed E-state index contributed by atoms with van der Waals surface area (Å²) in [6.45, 7) is 0.00680. The normalized spacial score (nSPS) is 11.5. The smallest absolute Gasteiger partial charge is 0.408 e. The van der Waals surface area contributed by atoms with Gasteiger partial charge in [-0.2, -0.15) is 0 Å². The van der Waals surface area contributed by atoms with Crippen LogP contribution in [0.2, 0.25) is 0 Å². The Bertz CT molecular complexity index is 720. The zero-order chi connectivity index (χ0) is 17.5. The van der Waals surface area contributed by atoms with Gasteiger partial charge in [0, 0.05) is 6.42 Å². The maximum atomic E-state index is 13.3. The number of phenolic OH excluding ortho intramolecular Hbond substituents is 1. The second kappa shape index (κ2) is 7.96. The van der Waals surface area contributed by atoms with E-state index in [4.69, 9.17) is 9.84 Å². The van der Waals surface area contributed by atoms with Crippen LogP contribution < -0.4 is 5.32 Å². The third kappa shape index (κ3) is 4.98. The molecule has 0 spiro atoms. The number of amides is 1. The van der Waals surface area contributed by atoms with E-state index in [1.165, 1.54) is 6.07 Å². The number of carboxylic acid groups (broad SMARTS) is 1. The third-order valence-electron chi connectivity index (χ3n) is 3.25. The molecule has 0 unspecified atom stereocenters. The summed E-state index contributed by atoms with van der Waals surface area (Å²) in [6.07, 6.45) is -1.03. The highest BCUT2D eigenvalue weighted by atomic mass is 19.1. The molecule has 7 heteroatoms. The van der Waals surface area contributed by atoms with Crippen LogP contribution in [-0.2, 0) is 22.6 Å². The van der Waals surface area contributed by atoms with Crippen LogP contribution in [-0.4, -0.2) is 28.3 Å². The number of rotatable bonds is 6. The minimum absolute atomic E-state index is 0.00680. The van der Waals surface area contributed by atoms with E-state index in [0.717, 1.165) is 17.7 Å². The zero-order valence-electron chi connectivity index (χ0n) is 12.6. The van der Waals surface area contributed by atoms with Gasteiger partial charge in [0.25, 0.3) is 0 Å². The molecule has 0 aliphatic heterocycles. The van der Waals surface area contributed by atoms with E-state index < -0.39 is 29.7 Å². The number of ether oxygens (including phenoxy) is 1. The van der Waals surface area contributed by atoms with Crippen molar-refractivity contribution in [3.8, 4) is 5.75 Å². The second-order valence-electron chi connectivity index (χ2n) is 5.09. The zero-order valence-corrected chi connectivity index (χ0v) is 12.6. The summed E-state index contributed by atoms with van der Waals surface area (Å²) >= 11 is 0. The van der Waals surface area contributed by atoms with Gasteiger partial charge in [0.05, 0.1) is 0 Å². The lowest BCUT2D eigenvalue weighted by Crippen LogP contribution is -2.42. The molecule has 2 aromatic rings. The van der Waals surface area contributed by atoms with Crippen LogP contribution in [0, 0.1) is 5.82 Å². The van der Waals surface area contributed by atoms with Crippen LogP contribution in [0.3, 0.4) is 0 Å². The third-order valence-corrected chi connectivity index (χ3v) is 3.25. The van der Waals surface area contributed by atoms with Crippen LogP contribution in [0.1, 0.15) is 11.1 Å². The first-order valence-electron chi connectivity index (χ1n) is 7.13. The lowest BCUT2D eigenvalue weighted by atomic mass is 10.1. The van der Waals surface area contributed by atoms with E-state index in [9.17, 15) is 19.1 Å². The molecule has 0 bridgehead atoms. The molecule has 0 heterocycles. The monoisotopic (exact) mass is 333 g/mol. The van der Waals surface area contributed by atoms with Gasteiger partial charge in [-0.25, -0.2) is 14.0 Å². The molecule has 0 aromatic heterocycles. The average Bonchev–Trinajstić information content (AvgIpc) is 2.56. The van der Waals surface area contributed by atoms with Crippen molar-refractivity contribution in [3.63, 3.8) is 0 Å². The summed E-state index contributed by atoms with van der Waals surface area (Å²) in [5.74, 6) is -2.66. The highest BCUT2D eigenvalue weighted by Gasteiger charge is 2.21. The van der Waals surface area contributed by atoms with Crippen LogP contribution in [0.5, 0.6) is 5.75 Å². The number of hydrogen-bond acceptors (Lipinski definition) is 4. The predicted octanol–water partition coefficient (Wildman–Crippen LogP) is 2.45. The van der Waals surface area contributed by atoms with Crippen LogP contribution >= 0.6 is 0 Å². The molecule has 2 rings (SSSR count). The van der Waals surface area contributed by atoms with Crippen LogP contribution in [0.4, 0.5) is 9.18 Å². The van der Waals surface area contributed by atoms with Crippen LogP contribution in [0.15, 0.2) is 48.5 Å². The van der Waals surface area contributed by atoms with Gasteiger partial charge >= 0.3 is 12.1 Å². The first-order chi connectivity index (χ1) is 11.5. The fraction of sp³-hybridized carbons (Fsp3) is 0.176. The number of aliphatic carboxylic acids is 1. The van der Waals surface area contributed by atoms with Crippen molar-refractivity contribution in [3.05, 3.63) is 65.5 Å². The minimum Gasteiger partial charge on any atom is -0.505 e. The molecule has 2 aromatic carbocycles. The Labute approximate surface area is 137 Å². The second-order valence-corrected chi connectivity index (χ2v) is 5.09. The van der Waals surface area contributed by atoms with E-state index in [1.54, 1.807) is 24.3 Å². The molecule has 24 heavy (non-hydrogen) atoms. The number of carbonyl (C=O) groups excluding carboxylic acids is 1. The quantitative estimate of drug-likeness (QED) is 0.755. The lowest BCUT2D eigenvalue weighted by molar-refractivity contribution is -0.139. The van der Waals surface area contributed by atoms with E-state index >= 15 is 0 Å². The fourth-order valence-corrected chi connectivity index (χ4v) is 2.02. The number of halogens is 1. The average molecular weight is 333 g/mol. The number of phenols is 1. The Kier molecular flexibility index (Phi) is 5.73. The van der Waals surface area contributed by atoms with Gasteiger partial charge < -0.3 is 20.3 Å². The molecule has 0 aliphatic rings. The van der Waals surface area contributed by atoms with Crippen molar-refractivity contribution in [2.24, 2.45) is 0 Å². The molecule has 0 saturated carbocycles. The van der Waals surface area contributed by atoms with E-state index in [2.05, 4.69) is 5.32 Å². The molecule has 1 amide bonds. The van der Waals surface area contributed by atoms with Crippen LogP contribution in [0.25, 0.3) is 0 Å². The number of aromatic hydroxyl groups is 1. The highest BCUT2D eigenvalue weighted by molar-refractivity contribution is 5.80. The SMILES string of the molecule is O=C(N[C@H](Cc1ccc(O)c(F)c1)C(=O)O)OCc1ccccc1. The van der Waals surface area contributed by atoms with Gasteiger partial charge in [-0.05, 0) is 23.3 Å². The molecule has 0 aliphatic carbocycles. The number of nitrogens with one attached hydrogen (secondary N) is 1. The largest absolute Gasteiger partial charge is 0.505 e. The molecule has 3 N–H and O–H groups in total. The first-order valence-corrected chi connectivity index (χ1v) is 7.13. The summed E-state index contributed by atoms with van der Waals surface area (Å²) in [5.41, 5.74) is 1.08. The lowest BCUT2D eigenvalue weighted by Gasteiger charge is -2.15. The summed E-state index contributed by atoms with van der Waals surface area (Å²) in [6, 6.07) is 11.2. The topological polar surface area (TPSA) is 95.9 Å². The Morgan fingerprint density at radius 3 is 2.46 bits per heavy atom. The van der Waals surface area contributed by atoms with Crippen molar-refractivity contribution in [1.29, 1.82) is 0 Å². The summed E-state index contributed by atoms with van der Waals surface area (Å²) in [7, 11) is 0. The predicted molar refractivity (Wildman–Crippen MR) is 83.0 cm³/mol. The van der Waals surface area contributed by atoms with Crippen molar-refractivity contribution in [2.45, 2.75) is 19.1 Å². The van der Waals surface area contributed by atoms with Gasteiger partial charge in [-0.1, -0.05) is 36.4 Å². The van der Waals surface area contributed by atoms with Gasteiger partial charge in [-0.15, -0.1) is 0 Å². The molecule has 6 nitrogen and oxygen atoms in total. The maximum Gasteiger partial charge on any atom is 0.408 e. The van der Waals surface area contributed by atoms with Gasteiger partial charge in [0.15, 0.2) is 11.6 Å². The summed E-state index contributed by atoms with van der Waals surface area (Å²) in [5, 5.41) is 20.5. The standard InChI is InChI=1S/C17H16FNO5/c18-13-8-12(6-7-15(13)20)9-14(16(21)22)19-17(23)24-10-11-4-2-1-3-5-11/h1-8,14,20H,9-10H2,(H,19,23)(H,21,22)/t14-/m1/s1. The summed E-state index contributed by atoms with van der Waals surface area (Å²) < 4.78 is 18.3. The van der Waals surface area contributed by atoms with Gasteiger partial charge in [0.1, 0.15) is 12.6 Å². The van der Waals surface area contributed by atoms with Crippen molar-refractivity contribution in [2.75, 3.05) is 0 Å². The number of carbonyl (C=O) groups is 2. The molecular formula is C17H16FNO5. The Morgan fingerprint density at radius 1 is 1.12 bits per heavy atom. The molecule has 0 fully saturated rings. The van der Waals surface area contributed by atoms with Gasteiger partial charge in [-0.3, -0.25) is 0 Å². The number of hydrogen-bond donors (Lipinski definition) is 3. The van der Waals surface area contributed by atoms with Crippen molar-refractivity contribution < 1.29 is 28.9 Å².